The molecule has 3 unspecified atom stereocenters. The van der Waals surface area contributed by atoms with E-state index in [1.165, 1.54) is 25.7 Å². The Bertz CT molecular complexity index is 933. The van der Waals surface area contributed by atoms with E-state index >= 15 is 0 Å². The molecule has 1 fully saturated rings. The van der Waals surface area contributed by atoms with Crippen molar-refractivity contribution in [1.29, 1.82) is 0 Å². The van der Waals surface area contributed by atoms with Crippen LogP contribution in [0.25, 0.3) is 0 Å². The number of hydrogen-bond acceptors (Lipinski definition) is 10. The number of carbonyl (C=O) groups excluding carboxylic acids is 3. The highest BCUT2D eigenvalue weighted by Gasteiger charge is 2.45. The van der Waals surface area contributed by atoms with Crippen LogP contribution in [0.15, 0.2) is 30.3 Å². The number of carboxylic acid groups (broad SMARTS) is 1. The van der Waals surface area contributed by atoms with Gasteiger partial charge in [-0.1, -0.05) is 30.3 Å². The van der Waals surface area contributed by atoms with Gasteiger partial charge in [-0.3, -0.25) is 14.9 Å². The molecule has 1 heterocycles. The van der Waals surface area contributed by atoms with E-state index < -0.39 is 47.1 Å². The van der Waals surface area contributed by atoms with Crippen molar-refractivity contribution in [2.75, 3.05) is 38.3 Å². The van der Waals surface area contributed by atoms with Gasteiger partial charge in [0, 0.05) is 18.6 Å². The van der Waals surface area contributed by atoms with E-state index in [1.807, 2.05) is 30.3 Å². The maximum Gasteiger partial charge on any atom is 0.328 e. The first-order valence-electron chi connectivity index (χ1n) is 11.2. The van der Waals surface area contributed by atoms with Gasteiger partial charge in [0.05, 0.1) is 12.6 Å². The van der Waals surface area contributed by atoms with Gasteiger partial charge in [-0.2, -0.15) is 11.8 Å². The minimum atomic E-state index is -1.31. The number of benzene rings is 1. The molecule has 2 rings (SSSR count). The Morgan fingerprint density at radius 2 is 1.92 bits per heavy atom. The van der Waals surface area contributed by atoms with Gasteiger partial charge in [-0.05, 0) is 25.3 Å². The van der Waals surface area contributed by atoms with Crippen LogP contribution in [0.2, 0.25) is 0 Å². The molecule has 14 heteroatoms. The summed E-state index contributed by atoms with van der Waals surface area (Å²) in [5.41, 5.74) is 0.972. The largest absolute Gasteiger partial charge is 0.480 e. The molecule has 3 amide bonds. The van der Waals surface area contributed by atoms with Crippen molar-refractivity contribution in [2.24, 2.45) is 0 Å². The number of urea groups is 1. The number of likely N-dealkylation sites (N-methyl/N-ethyl adjacent to an activating group) is 1. The van der Waals surface area contributed by atoms with Crippen molar-refractivity contribution in [2.45, 2.75) is 37.9 Å². The van der Waals surface area contributed by atoms with Crippen LogP contribution in [0.4, 0.5) is 4.79 Å². The highest BCUT2D eigenvalue weighted by molar-refractivity contribution is 7.99. The number of carboxylic acids is 1. The topological polar surface area (TPSA) is 169 Å². The highest BCUT2D eigenvalue weighted by Crippen LogP contribution is 2.17. The molecule has 1 aliphatic heterocycles. The smallest absolute Gasteiger partial charge is 0.328 e. The summed E-state index contributed by atoms with van der Waals surface area (Å²) in [5, 5.41) is 21.6. The lowest BCUT2D eigenvalue weighted by atomic mass is 10.0. The van der Waals surface area contributed by atoms with Gasteiger partial charge in [-0.25, -0.2) is 14.5 Å². The Morgan fingerprint density at radius 1 is 1.25 bits per heavy atom. The third-order valence-electron chi connectivity index (χ3n) is 5.38. The summed E-state index contributed by atoms with van der Waals surface area (Å²) in [6, 6.07) is 5.43. The Labute approximate surface area is 212 Å². The number of hydrogen-bond donors (Lipinski definition) is 2. The average molecular weight is 527 g/mol. The molecule has 2 N–H and O–H groups in total. The third kappa shape index (κ3) is 8.68. The Morgan fingerprint density at radius 3 is 2.56 bits per heavy atom. The number of carbonyl (C=O) groups is 4. The molecular weight excluding hydrogens is 496 g/mol. The van der Waals surface area contributed by atoms with E-state index in [2.05, 4.69) is 10.2 Å². The summed E-state index contributed by atoms with van der Waals surface area (Å²) < 4.78 is 5.33. The molecule has 0 bridgehead atoms. The van der Waals surface area contributed by atoms with Gasteiger partial charge in [0.15, 0.2) is 6.04 Å². The van der Waals surface area contributed by atoms with Crippen molar-refractivity contribution < 1.29 is 38.9 Å². The van der Waals surface area contributed by atoms with E-state index in [1.54, 1.807) is 0 Å². The molecule has 198 valence electrons. The second-order valence-corrected chi connectivity index (χ2v) is 9.25. The molecule has 1 saturated heterocycles. The van der Waals surface area contributed by atoms with E-state index in [0.29, 0.717) is 29.2 Å². The Hall–Kier alpha value is -3.39. The summed E-state index contributed by atoms with van der Waals surface area (Å²) in [6.45, 7) is 1.30. The molecule has 36 heavy (non-hydrogen) atoms. The van der Waals surface area contributed by atoms with Crippen LogP contribution in [-0.2, 0) is 30.4 Å². The van der Waals surface area contributed by atoms with Crippen molar-refractivity contribution in [3.8, 4) is 0 Å². The fraction of sp³-hybridized carbons (Fsp3) is 0.545. The first-order chi connectivity index (χ1) is 17.1. The van der Waals surface area contributed by atoms with Crippen molar-refractivity contribution >= 4 is 35.6 Å². The standard InChI is InChI=1S/C22H30N4O9S/c1-15(19(27)25-18(20(28)29)14-24(2)22(25)31)23-17(9-8-16-6-4-3-5-7-16)21(30)34-10-12-36-13-11-35-26(32)33/h3-7,15,17-18,23H,8-14H2,1-2H3,(H,28,29). The van der Waals surface area contributed by atoms with Crippen molar-refractivity contribution in [3.05, 3.63) is 46.0 Å². The maximum absolute atomic E-state index is 13.0. The molecule has 1 aliphatic rings. The number of aliphatic carboxylic acids is 1. The van der Waals surface area contributed by atoms with Crippen LogP contribution < -0.4 is 5.32 Å². The fourth-order valence-electron chi connectivity index (χ4n) is 3.55. The normalized spacial score (nSPS) is 16.9. The quantitative estimate of drug-likeness (QED) is 0.143. The number of thioether (sulfide) groups is 1. The zero-order valence-electron chi connectivity index (χ0n) is 20.0. The fourth-order valence-corrected chi connectivity index (χ4v) is 4.15. The minimum Gasteiger partial charge on any atom is -0.480 e. The first-order valence-corrected chi connectivity index (χ1v) is 12.4. The molecule has 1 aromatic carbocycles. The van der Waals surface area contributed by atoms with E-state index in [-0.39, 0.29) is 19.8 Å². The lowest BCUT2D eigenvalue weighted by molar-refractivity contribution is -0.756. The summed E-state index contributed by atoms with van der Waals surface area (Å²) in [7, 11) is 1.41. The zero-order chi connectivity index (χ0) is 26.7. The molecule has 3 atom stereocenters. The molecule has 13 nitrogen and oxygen atoms in total. The molecule has 0 radical (unpaired) electrons. The number of imide groups is 1. The van der Waals surface area contributed by atoms with Crippen LogP contribution in [0.5, 0.6) is 0 Å². The Balaban J connectivity index is 1.99. The number of ether oxygens (including phenoxy) is 1. The summed E-state index contributed by atoms with van der Waals surface area (Å²) in [4.78, 5) is 65.9. The average Bonchev–Trinajstić information content (AvgIpc) is 3.15. The first kappa shape index (κ1) is 28.8. The van der Waals surface area contributed by atoms with Crippen LogP contribution in [0.3, 0.4) is 0 Å². The van der Waals surface area contributed by atoms with Gasteiger partial charge >= 0.3 is 18.0 Å². The number of rotatable bonds is 15. The summed E-state index contributed by atoms with van der Waals surface area (Å²) in [6.07, 6.45) is 0.797. The van der Waals surface area contributed by atoms with Crippen molar-refractivity contribution in [1.82, 2.24) is 15.1 Å². The lowest BCUT2D eigenvalue weighted by Gasteiger charge is -2.26. The second-order valence-electron chi connectivity index (χ2n) is 8.03. The molecular formula is C22H30N4O9S. The Kier molecular flexibility index (Phi) is 11.4. The number of amides is 3. The molecule has 0 aromatic heterocycles. The van der Waals surface area contributed by atoms with E-state index in [0.717, 1.165) is 10.5 Å². The number of esters is 1. The molecule has 0 spiro atoms. The number of aryl methyl sites for hydroxylation is 1. The zero-order valence-corrected chi connectivity index (χ0v) is 20.8. The van der Waals surface area contributed by atoms with Crippen molar-refractivity contribution in [3.63, 3.8) is 0 Å². The predicted octanol–water partition coefficient (Wildman–Crippen LogP) is 0.798. The van der Waals surface area contributed by atoms with Crippen LogP contribution in [-0.4, -0.2) is 100 Å². The monoisotopic (exact) mass is 526 g/mol. The van der Waals surface area contributed by atoms with Crippen LogP contribution in [0, 0.1) is 10.1 Å². The lowest BCUT2D eigenvalue weighted by Crippen LogP contribution is -2.54. The number of nitrogens with one attached hydrogen (secondary N) is 1. The number of nitrogens with zero attached hydrogens (tertiary/aromatic N) is 3. The third-order valence-corrected chi connectivity index (χ3v) is 6.29. The van der Waals surface area contributed by atoms with Gasteiger partial charge in [-0.15, -0.1) is 10.1 Å². The maximum atomic E-state index is 13.0. The van der Waals surface area contributed by atoms with Crippen LogP contribution >= 0.6 is 11.8 Å². The highest BCUT2D eigenvalue weighted by atomic mass is 32.2. The van der Waals surface area contributed by atoms with Gasteiger partial charge in [0.25, 0.3) is 5.09 Å². The second kappa shape index (κ2) is 14.2. The summed E-state index contributed by atoms with van der Waals surface area (Å²) in [5.74, 6) is -1.91. The molecule has 1 aromatic rings. The van der Waals surface area contributed by atoms with Gasteiger partial charge in [0.1, 0.15) is 19.3 Å². The molecule has 0 saturated carbocycles. The molecule has 0 aliphatic carbocycles. The van der Waals surface area contributed by atoms with Crippen LogP contribution in [0.1, 0.15) is 18.9 Å². The summed E-state index contributed by atoms with van der Waals surface area (Å²) >= 11 is 1.31. The predicted molar refractivity (Wildman–Crippen MR) is 129 cm³/mol. The van der Waals surface area contributed by atoms with E-state index in [9.17, 15) is 34.4 Å². The van der Waals surface area contributed by atoms with Gasteiger partial charge in [0.2, 0.25) is 5.91 Å². The minimum absolute atomic E-state index is 0.0459. The van der Waals surface area contributed by atoms with Gasteiger partial charge < -0.3 is 19.6 Å². The SMILES string of the molecule is CC(NC(CCc1ccccc1)C(=O)OCCSCCO[N+](=O)[O-])C(=O)N1C(=O)N(C)CC1C(=O)O. The van der Waals surface area contributed by atoms with E-state index in [4.69, 9.17) is 4.74 Å².